The molecule has 1 aromatic rings. The first-order valence-corrected chi connectivity index (χ1v) is 7.20. The van der Waals surface area contributed by atoms with Gasteiger partial charge in [-0.15, -0.1) is 0 Å². The maximum atomic E-state index is 11.2. The minimum atomic E-state index is -0.117. The van der Waals surface area contributed by atoms with Crippen LogP contribution in [0.15, 0.2) is 6.07 Å². The van der Waals surface area contributed by atoms with Gasteiger partial charge in [0.1, 0.15) is 5.75 Å². The topological polar surface area (TPSA) is 26.3 Å². The van der Waals surface area contributed by atoms with Crippen molar-refractivity contribution < 1.29 is 9.53 Å². The molecule has 14 heavy (non-hydrogen) atoms. The lowest BCUT2D eigenvalue weighted by atomic mass is 10.1. The molecule has 0 fully saturated rings. The Kier molecular flexibility index (Phi) is 3.57. The maximum Gasteiger partial charge on any atom is 0.311 e. The summed E-state index contributed by atoms with van der Waals surface area (Å²) >= 11 is 6.78. The fourth-order valence-corrected chi connectivity index (χ4v) is 3.91. The number of ether oxygens (including phenoxy) is 1. The summed E-state index contributed by atoms with van der Waals surface area (Å²) in [5.41, 5.74) is 1.18. The lowest BCUT2D eigenvalue weighted by Crippen LogP contribution is -2.18. The van der Waals surface area contributed by atoms with Crippen LogP contribution in [0.2, 0.25) is 0 Å². The summed E-state index contributed by atoms with van der Waals surface area (Å²) in [6.07, 6.45) is 1.30. The Balaban J connectivity index is 2.63. The second kappa shape index (κ2) is 4.40. The zero-order valence-electron chi connectivity index (χ0n) is 6.94. The van der Waals surface area contributed by atoms with Crippen LogP contribution in [0, 0.1) is 10.7 Å². The van der Waals surface area contributed by atoms with Crippen LogP contribution >= 0.6 is 67.8 Å². The minimum Gasteiger partial charge on any atom is -0.425 e. The number of carbonyl (C=O) groups is 1. The molecule has 74 valence electrons. The van der Waals surface area contributed by atoms with E-state index >= 15 is 0 Å². The van der Waals surface area contributed by atoms with Crippen LogP contribution in [0.25, 0.3) is 0 Å². The Bertz CT molecular complexity index is 415. The lowest BCUT2D eigenvalue weighted by Gasteiger charge is -2.19. The minimum absolute atomic E-state index is 0.117. The van der Waals surface area contributed by atoms with Crippen molar-refractivity contribution in [3.63, 3.8) is 0 Å². The van der Waals surface area contributed by atoms with Gasteiger partial charge in [0, 0.05) is 12.7 Å². The van der Waals surface area contributed by atoms with E-state index in [1.54, 1.807) is 0 Å². The van der Waals surface area contributed by atoms with Crippen molar-refractivity contribution in [3.05, 3.63) is 22.3 Å². The van der Waals surface area contributed by atoms with E-state index < -0.39 is 0 Å². The third kappa shape index (κ3) is 2.04. The van der Waals surface area contributed by atoms with Crippen molar-refractivity contribution >= 4 is 73.7 Å². The largest absolute Gasteiger partial charge is 0.425 e. The molecule has 1 heterocycles. The van der Waals surface area contributed by atoms with Crippen LogP contribution in [0.4, 0.5) is 0 Å². The van der Waals surface area contributed by atoms with Gasteiger partial charge in [0.15, 0.2) is 0 Å². The van der Waals surface area contributed by atoms with Crippen molar-refractivity contribution in [2.45, 2.75) is 12.8 Å². The van der Waals surface area contributed by atoms with Gasteiger partial charge in [0.05, 0.1) is 9.99 Å². The molecule has 2 nitrogen and oxygen atoms in total. The normalized spacial score (nSPS) is 14.9. The Morgan fingerprint density at radius 2 is 1.86 bits per heavy atom. The van der Waals surface area contributed by atoms with E-state index in [4.69, 9.17) is 4.74 Å². The van der Waals surface area contributed by atoms with Gasteiger partial charge >= 0.3 is 5.97 Å². The Hall–Kier alpha value is 0.880. The molecular weight excluding hydrogens is 521 g/mol. The van der Waals surface area contributed by atoms with Crippen molar-refractivity contribution in [3.8, 4) is 5.75 Å². The SMILES string of the molecule is O=C1CCc2c(I)cc(I)c(I)c2O1. The second-order valence-electron chi connectivity index (χ2n) is 2.94. The second-order valence-corrected chi connectivity index (χ2v) is 6.34. The standard InChI is InChI=1S/C9H5I3O2/c10-5-3-6(11)8(12)9-4(5)1-2-7(13)14-9/h3H,1-2H2. The number of hydrogen-bond donors (Lipinski definition) is 0. The number of halogens is 3. The highest BCUT2D eigenvalue weighted by molar-refractivity contribution is 14.1. The number of benzene rings is 1. The highest BCUT2D eigenvalue weighted by Crippen LogP contribution is 2.36. The molecule has 0 N–H and O–H groups in total. The predicted molar refractivity (Wildman–Crippen MR) is 78.5 cm³/mol. The van der Waals surface area contributed by atoms with Crippen molar-refractivity contribution in [2.24, 2.45) is 0 Å². The van der Waals surface area contributed by atoms with Gasteiger partial charge in [0.25, 0.3) is 0 Å². The first-order chi connectivity index (χ1) is 6.59. The summed E-state index contributed by atoms with van der Waals surface area (Å²) in [5.74, 6) is 0.659. The molecule has 1 aliphatic rings. The number of carbonyl (C=O) groups excluding carboxylic acids is 1. The van der Waals surface area contributed by atoms with Gasteiger partial charge in [-0.25, -0.2) is 0 Å². The molecule has 2 rings (SSSR count). The quantitative estimate of drug-likeness (QED) is 0.225. The highest BCUT2D eigenvalue weighted by atomic mass is 127. The van der Waals surface area contributed by atoms with Crippen LogP contribution in [-0.4, -0.2) is 5.97 Å². The maximum absolute atomic E-state index is 11.2. The summed E-state index contributed by atoms with van der Waals surface area (Å²) < 4.78 is 8.65. The summed E-state index contributed by atoms with van der Waals surface area (Å²) in [5, 5.41) is 0. The number of esters is 1. The van der Waals surface area contributed by atoms with E-state index in [1.807, 2.05) is 0 Å². The van der Waals surface area contributed by atoms with Crippen molar-refractivity contribution in [1.82, 2.24) is 0 Å². The van der Waals surface area contributed by atoms with E-state index in [9.17, 15) is 4.79 Å². The van der Waals surface area contributed by atoms with Gasteiger partial charge < -0.3 is 4.74 Å². The summed E-state index contributed by atoms with van der Waals surface area (Å²) in [7, 11) is 0. The third-order valence-corrected chi connectivity index (χ3v) is 5.94. The van der Waals surface area contributed by atoms with E-state index in [0.717, 1.165) is 19.3 Å². The molecule has 1 aromatic carbocycles. The van der Waals surface area contributed by atoms with Crippen molar-refractivity contribution in [2.75, 3.05) is 0 Å². The molecular formula is C9H5I3O2. The van der Waals surface area contributed by atoms with E-state index in [1.165, 1.54) is 9.13 Å². The fourth-order valence-electron chi connectivity index (χ4n) is 1.34. The van der Waals surface area contributed by atoms with Gasteiger partial charge in [-0.05, 0) is 80.3 Å². The highest BCUT2D eigenvalue weighted by Gasteiger charge is 2.23. The third-order valence-electron chi connectivity index (χ3n) is 2.02. The van der Waals surface area contributed by atoms with Crippen LogP contribution in [0.3, 0.4) is 0 Å². The zero-order valence-corrected chi connectivity index (χ0v) is 13.4. The number of rotatable bonds is 0. The first kappa shape index (κ1) is 11.4. The average molecular weight is 526 g/mol. The smallest absolute Gasteiger partial charge is 0.311 e. The Morgan fingerprint density at radius 1 is 1.14 bits per heavy atom. The van der Waals surface area contributed by atoms with Gasteiger partial charge in [-0.2, -0.15) is 0 Å². The molecule has 0 aliphatic carbocycles. The first-order valence-electron chi connectivity index (χ1n) is 3.96. The van der Waals surface area contributed by atoms with Gasteiger partial charge in [-0.1, -0.05) is 0 Å². The van der Waals surface area contributed by atoms with Crippen LogP contribution in [-0.2, 0) is 11.2 Å². The Labute approximate surface area is 123 Å². The van der Waals surface area contributed by atoms with E-state index in [2.05, 4.69) is 73.8 Å². The van der Waals surface area contributed by atoms with Crippen LogP contribution in [0.5, 0.6) is 5.75 Å². The molecule has 0 amide bonds. The molecule has 0 saturated carbocycles. The van der Waals surface area contributed by atoms with Crippen molar-refractivity contribution in [1.29, 1.82) is 0 Å². The fraction of sp³-hybridized carbons (Fsp3) is 0.222. The summed E-state index contributed by atoms with van der Waals surface area (Å²) in [4.78, 5) is 11.2. The molecule has 1 aliphatic heterocycles. The van der Waals surface area contributed by atoms with Crippen LogP contribution in [0.1, 0.15) is 12.0 Å². The van der Waals surface area contributed by atoms with E-state index in [-0.39, 0.29) is 5.97 Å². The number of hydrogen-bond acceptors (Lipinski definition) is 2. The average Bonchev–Trinajstić information content (AvgIpc) is 2.14. The van der Waals surface area contributed by atoms with Gasteiger partial charge in [-0.3, -0.25) is 4.79 Å². The molecule has 0 aromatic heterocycles. The van der Waals surface area contributed by atoms with E-state index in [0.29, 0.717) is 6.42 Å². The predicted octanol–water partition coefficient (Wildman–Crippen LogP) is 3.35. The molecule has 0 saturated heterocycles. The monoisotopic (exact) mass is 526 g/mol. The summed E-state index contributed by atoms with van der Waals surface area (Å²) in [6, 6.07) is 2.13. The molecule has 0 bridgehead atoms. The molecule has 0 spiro atoms. The molecule has 5 heteroatoms. The number of fused-ring (bicyclic) bond motifs is 1. The van der Waals surface area contributed by atoms with Gasteiger partial charge in [0.2, 0.25) is 0 Å². The molecule has 0 atom stereocenters. The Morgan fingerprint density at radius 3 is 2.57 bits per heavy atom. The van der Waals surface area contributed by atoms with Crippen LogP contribution < -0.4 is 4.74 Å². The lowest BCUT2D eigenvalue weighted by molar-refractivity contribution is -0.135. The summed E-state index contributed by atoms with van der Waals surface area (Å²) in [6.45, 7) is 0. The molecule has 0 unspecified atom stereocenters. The molecule has 0 radical (unpaired) electrons. The zero-order chi connectivity index (χ0) is 10.3.